The minimum absolute atomic E-state index is 0.0704. The molecule has 0 unspecified atom stereocenters. The first kappa shape index (κ1) is 15.7. The van der Waals surface area contributed by atoms with Gasteiger partial charge in [-0.25, -0.2) is 9.78 Å². The number of benzene rings is 1. The van der Waals surface area contributed by atoms with Crippen molar-refractivity contribution < 1.29 is 14.3 Å². The second-order valence-corrected chi connectivity index (χ2v) is 5.84. The third kappa shape index (κ3) is 3.31. The number of esters is 1. The largest absolute Gasteiger partial charge is 0.461 e. The second-order valence-electron chi connectivity index (χ2n) is 4.44. The van der Waals surface area contributed by atoms with Gasteiger partial charge in [0.05, 0.1) is 6.61 Å². The predicted molar refractivity (Wildman–Crippen MR) is 83.3 cm³/mol. The Kier molecular flexibility index (Phi) is 4.75. The number of Topliss-reactive ketones (excluding diaryl/α,β-unsaturated/α-hetero) is 1. The molecule has 21 heavy (non-hydrogen) atoms. The highest BCUT2D eigenvalue weighted by Gasteiger charge is 2.22. The number of carbonyl (C=O) groups excluding carboxylic acids is 2. The third-order valence-electron chi connectivity index (χ3n) is 2.83. The molecule has 0 radical (unpaired) electrons. The Labute approximate surface area is 131 Å². The highest BCUT2D eigenvalue weighted by Crippen LogP contribution is 2.31. The minimum atomic E-state index is -0.580. The summed E-state index contributed by atoms with van der Waals surface area (Å²) in [5.74, 6) is -0.788. The molecule has 4 nitrogen and oxygen atoms in total. The molecule has 0 aliphatic rings. The van der Waals surface area contributed by atoms with E-state index in [0.29, 0.717) is 14.9 Å². The number of ether oxygens (including phenoxy) is 1. The monoisotopic (exact) mass is 323 g/mol. The smallest absolute Gasteiger partial charge is 0.358 e. The van der Waals surface area contributed by atoms with Gasteiger partial charge in [0.15, 0.2) is 11.5 Å². The molecule has 0 fully saturated rings. The molecule has 0 aliphatic heterocycles. The molecule has 1 aromatic carbocycles. The number of halogens is 1. The fourth-order valence-electron chi connectivity index (χ4n) is 1.75. The van der Waals surface area contributed by atoms with Crippen molar-refractivity contribution in [3.05, 3.63) is 39.4 Å². The van der Waals surface area contributed by atoms with Crippen molar-refractivity contribution in [2.45, 2.75) is 20.8 Å². The van der Waals surface area contributed by atoms with Crippen LogP contribution in [-0.4, -0.2) is 23.3 Å². The van der Waals surface area contributed by atoms with Crippen LogP contribution < -0.4 is 0 Å². The number of carbonyl (C=O) groups is 2. The first-order chi connectivity index (χ1) is 9.93. The number of nitrogens with zero attached hydrogens (tertiary/aromatic N) is 1. The predicted octanol–water partition coefficient (Wildman–Crippen LogP) is 4.15. The Hall–Kier alpha value is -1.72. The van der Waals surface area contributed by atoms with E-state index in [0.717, 1.165) is 11.1 Å². The zero-order chi connectivity index (χ0) is 15.6. The lowest BCUT2D eigenvalue weighted by Gasteiger charge is -2.00. The SMILES string of the molecule is CCOC(=O)c1nc(-c2ccc(C)c(Cl)c2)sc1C(C)=O. The van der Waals surface area contributed by atoms with Crippen LogP contribution in [0.3, 0.4) is 0 Å². The molecule has 0 N–H and O–H groups in total. The Morgan fingerprint density at radius 3 is 2.67 bits per heavy atom. The maximum atomic E-state index is 11.9. The van der Waals surface area contributed by atoms with E-state index >= 15 is 0 Å². The molecule has 0 saturated heterocycles. The summed E-state index contributed by atoms with van der Waals surface area (Å²) in [7, 11) is 0. The van der Waals surface area contributed by atoms with E-state index in [1.807, 2.05) is 19.1 Å². The molecule has 0 aliphatic carbocycles. The van der Waals surface area contributed by atoms with E-state index in [9.17, 15) is 9.59 Å². The van der Waals surface area contributed by atoms with Crippen LogP contribution >= 0.6 is 22.9 Å². The number of rotatable bonds is 4. The van der Waals surface area contributed by atoms with Crippen LogP contribution in [0, 0.1) is 6.92 Å². The topological polar surface area (TPSA) is 56.3 Å². The Morgan fingerprint density at radius 2 is 2.10 bits per heavy atom. The van der Waals surface area contributed by atoms with E-state index in [4.69, 9.17) is 16.3 Å². The third-order valence-corrected chi connectivity index (χ3v) is 4.45. The molecule has 1 heterocycles. The van der Waals surface area contributed by atoms with E-state index in [1.165, 1.54) is 18.3 Å². The van der Waals surface area contributed by atoms with E-state index in [2.05, 4.69) is 4.98 Å². The van der Waals surface area contributed by atoms with E-state index in [1.54, 1.807) is 13.0 Å². The summed E-state index contributed by atoms with van der Waals surface area (Å²) >= 11 is 7.27. The zero-order valence-electron chi connectivity index (χ0n) is 11.9. The summed E-state index contributed by atoms with van der Waals surface area (Å²) in [6.07, 6.45) is 0. The quantitative estimate of drug-likeness (QED) is 0.626. The summed E-state index contributed by atoms with van der Waals surface area (Å²) in [5, 5.41) is 1.19. The highest BCUT2D eigenvalue weighted by molar-refractivity contribution is 7.17. The van der Waals surface area contributed by atoms with Crippen molar-refractivity contribution >= 4 is 34.7 Å². The van der Waals surface area contributed by atoms with Crippen molar-refractivity contribution in [2.24, 2.45) is 0 Å². The lowest BCUT2D eigenvalue weighted by molar-refractivity contribution is 0.0517. The molecule has 110 valence electrons. The summed E-state index contributed by atoms with van der Waals surface area (Å²) in [5.41, 5.74) is 1.80. The van der Waals surface area contributed by atoms with Gasteiger partial charge in [-0.3, -0.25) is 4.79 Å². The minimum Gasteiger partial charge on any atom is -0.461 e. The van der Waals surface area contributed by atoms with Crippen molar-refractivity contribution in [1.29, 1.82) is 0 Å². The normalized spacial score (nSPS) is 10.5. The van der Waals surface area contributed by atoms with Crippen molar-refractivity contribution in [1.82, 2.24) is 4.98 Å². The van der Waals surface area contributed by atoms with Crippen molar-refractivity contribution in [3.63, 3.8) is 0 Å². The maximum absolute atomic E-state index is 11.9. The second kappa shape index (κ2) is 6.37. The number of ketones is 1. The van der Waals surface area contributed by atoms with Gasteiger partial charge in [0.2, 0.25) is 0 Å². The molecule has 0 amide bonds. The van der Waals surface area contributed by atoms with Gasteiger partial charge >= 0.3 is 5.97 Å². The molecule has 2 rings (SSSR count). The maximum Gasteiger partial charge on any atom is 0.358 e. The number of hydrogen-bond acceptors (Lipinski definition) is 5. The number of aryl methyl sites for hydroxylation is 1. The molecular formula is C15H14ClNO3S. The summed E-state index contributed by atoms with van der Waals surface area (Å²) in [6, 6.07) is 5.50. The summed E-state index contributed by atoms with van der Waals surface area (Å²) in [6.45, 7) is 5.25. The lowest BCUT2D eigenvalue weighted by atomic mass is 10.1. The van der Waals surface area contributed by atoms with Crippen LogP contribution in [-0.2, 0) is 4.74 Å². The Balaban J connectivity index is 2.50. The van der Waals surface area contributed by atoms with Gasteiger partial charge in [0, 0.05) is 17.5 Å². The van der Waals surface area contributed by atoms with Crippen LogP contribution in [0.2, 0.25) is 5.02 Å². The van der Waals surface area contributed by atoms with Crippen molar-refractivity contribution in [3.8, 4) is 10.6 Å². The fraction of sp³-hybridized carbons (Fsp3) is 0.267. The molecule has 0 saturated carbocycles. The fourth-order valence-corrected chi connectivity index (χ4v) is 2.87. The van der Waals surface area contributed by atoms with Gasteiger partial charge < -0.3 is 4.74 Å². The average Bonchev–Trinajstić information content (AvgIpc) is 2.87. The molecular weight excluding hydrogens is 310 g/mol. The molecule has 0 atom stereocenters. The Morgan fingerprint density at radius 1 is 1.38 bits per heavy atom. The lowest BCUT2D eigenvalue weighted by Crippen LogP contribution is -2.09. The molecule has 6 heteroatoms. The van der Waals surface area contributed by atoms with Crippen LogP contribution in [0.15, 0.2) is 18.2 Å². The van der Waals surface area contributed by atoms with Gasteiger partial charge in [-0.1, -0.05) is 23.7 Å². The van der Waals surface area contributed by atoms with Crippen LogP contribution in [0.4, 0.5) is 0 Å². The van der Waals surface area contributed by atoms with Crippen molar-refractivity contribution in [2.75, 3.05) is 6.61 Å². The number of aromatic nitrogens is 1. The summed E-state index contributed by atoms with van der Waals surface area (Å²) in [4.78, 5) is 28.1. The van der Waals surface area contributed by atoms with Gasteiger partial charge in [-0.05, 0) is 25.5 Å². The van der Waals surface area contributed by atoms with E-state index in [-0.39, 0.29) is 18.1 Å². The van der Waals surface area contributed by atoms with Crippen LogP contribution in [0.1, 0.15) is 39.6 Å². The first-order valence-corrected chi connectivity index (χ1v) is 7.59. The standard InChI is InChI=1S/C15H14ClNO3S/c1-4-20-15(19)12-13(9(3)18)21-14(17-12)10-6-5-8(2)11(16)7-10/h5-7H,4H2,1-3H3. The number of hydrogen-bond donors (Lipinski definition) is 0. The molecule has 1 aromatic heterocycles. The molecule has 0 spiro atoms. The highest BCUT2D eigenvalue weighted by atomic mass is 35.5. The van der Waals surface area contributed by atoms with Crippen LogP contribution in [0.25, 0.3) is 10.6 Å². The number of thiazole rings is 1. The average molecular weight is 324 g/mol. The first-order valence-electron chi connectivity index (χ1n) is 6.39. The Bertz CT molecular complexity index is 709. The van der Waals surface area contributed by atoms with Gasteiger partial charge in [0.25, 0.3) is 0 Å². The molecule has 2 aromatic rings. The van der Waals surface area contributed by atoms with Gasteiger partial charge in [0.1, 0.15) is 9.88 Å². The zero-order valence-corrected chi connectivity index (χ0v) is 13.5. The summed E-state index contributed by atoms with van der Waals surface area (Å²) < 4.78 is 4.94. The van der Waals surface area contributed by atoms with Gasteiger partial charge in [-0.15, -0.1) is 11.3 Å². The van der Waals surface area contributed by atoms with Crippen LogP contribution in [0.5, 0.6) is 0 Å². The molecule has 0 bridgehead atoms. The van der Waals surface area contributed by atoms with E-state index < -0.39 is 5.97 Å². The van der Waals surface area contributed by atoms with Gasteiger partial charge in [-0.2, -0.15) is 0 Å².